The minimum absolute atomic E-state index is 0.0706. The van der Waals surface area contributed by atoms with Gasteiger partial charge in [-0.3, -0.25) is 4.79 Å². The number of carbonyl (C=O) groups is 1. The SMILES string of the molecule is CC(=O)NCC(C)(C)C1CCCC(CCB2OC(C)(C)C(C)(C)O2)C1. The van der Waals surface area contributed by atoms with Crippen LogP contribution in [0.3, 0.4) is 0 Å². The van der Waals surface area contributed by atoms with Crippen LogP contribution >= 0.6 is 0 Å². The zero-order chi connectivity index (χ0) is 18.9. The number of hydrogen-bond acceptors (Lipinski definition) is 3. The van der Waals surface area contributed by atoms with Gasteiger partial charge in [0.05, 0.1) is 11.2 Å². The molecule has 1 saturated heterocycles. The molecule has 25 heavy (non-hydrogen) atoms. The minimum atomic E-state index is -0.229. The first-order valence-electron chi connectivity index (χ1n) is 10.0. The van der Waals surface area contributed by atoms with E-state index in [0.717, 1.165) is 18.8 Å². The van der Waals surface area contributed by atoms with Gasteiger partial charge in [-0.2, -0.15) is 0 Å². The van der Waals surface area contributed by atoms with Crippen molar-refractivity contribution in [1.29, 1.82) is 0 Å². The van der Waals surface area contributed by atoms with Gasteiger partial charge >= 0.3 is 7.12 Å². The quantitative estimate of drug-likeness (QED) is 0.720. The largest absolute Gasteiger partial charge is 0.457 e. The molecule has 0 aromatic heterocycles. The topological polar surface area (TPSA) is 47.6 Å². The Labute approximate surface area is 154 Å². The normalized spacial score (nSPS) is 28.8. The molecule has 0 aromatic rings. The van der Waals surface area contributed by atoms with E-state index in [1.807, 2.05) is 0 Å². The molecule has 2 aliphatic rings. The molecule has 0 radical (unpaired) electrons. The van der Waals surface area contributed by atoms with E-state index in [2.05, 4.69) is 46.9 Å². The molecule has 1 heterocycles. The van der Waals surface area contributed by atoms with Crippen LogP contribution < -0.4 is 5.32 Å². The highest BCUT2D eigenvalue weighted by Crippen LogP contribution is 2.43. The maximum atomic E-state index is 11.3. The second kappa shape index (κ2) is 7.60. The fourth-order valence-corrected chi connectivity index (χ4v) is 4.21. The van der Waals surface area contributed by atoms with Crippen molar-refractivity contribution in [3.63, 3.8) is 0 Å². The molecule has 1 aliphatic carbocycles. The summed E-state index contributed by atoms with van der Waals surface area (Å²) in [6.07, 6.45) is 7.29. The maximum Gasteiger partial charge on any atom is 0.457 e. The van der Waals surface area contributed by atoms with Crippen LogP contribution in [0.2, 0.25) is 6.32 Å². The summed E-state index contributed by atoms with van der Waals surface area (Å²) < 4.78 is 12.3. The van der Waals surface area contributed by atoms with Crippen molar-refractivity contribution in [2.75, 3.05) is 6.54 Å². The summed E-state index contributed by atoms with van der Waals surface area (Å²) in [6, 6.07) is 0. The Hall–Kier alpha value is -0.545. The van der Waals surface area contributed by atoms with Gasteiger partial charge < -0.3 is 14.6 Å². The molecule has 1 saturated carbocycles. The van der Waals surface area contributed by atoms with E-state index >= 15 is 0 Å². The maximum absolute atomic E-state index is 11.3. The first kappa shape index (κ1) is 20.8. The monoisotopic (exact) mass is 351 g/mol. The van der Waals surface area contributed by atoms with E-state index in [0.29, 0.717) is 5.92 Å². The Bertz CT molecular complexity index is 460. The summed E-state index contributed by atoms with van der Waals surface area (Å²) in [5.41, 5.74) is -0.297. The highest BCUT2D eigenvalue weighted by Gasteiger charge is 2.50. The Balaban J connectivity index is 1.83. The standard InChI is InChI=1S/C20H38BNO3/c1-15(23)22-14-18(2,3)17-10-8-9-16(13-17)11-12-21-24-19(4,5)20(6,7)25-21/h16-17H,8-14H2,1-7H3,(H,22,23). The molecule has 4 nitrogen and oxygen atoms in total. The molecular weight excluding hydrogens is 313 g/mol. The second-order valence-corrected chi connectivity index (χ2v) is 9.89. The molecule has 2 rings (SSSR count). The average molecular weight is 351 g/mol. The third kappa shape index (κ3) is 5.23. The Morgan fingerprint density at radius 1 is 1.16 bits per heavy atom. The van der Waals surface area contributed by atoms with Crippen molar-refractivity contribution in [3.05, 3.63) is 0 Å². The second-order valence-electron chi connectivity index (χ2n) is 9.89. The lowest BCUT2D eigenvalue weighted by Crippen LogP contribution is -2.41. The fourth-order valence-electron chi connectivity index (χ4n) is 4.21. The van der Waals surface area contributed by atoms with Crippen LogP contribution in [0.4, 0.5) is 0 Å². The van der Waals surface area contributed by atoms with E-state index < -0.39 is 0 Å². The molecule has 2 unspecified atom stereocenters. The van der Waals surface area contributed by atoms with Crippen LogP contribution in [0.1, 0.15) is 80.6 Å². The van der Waals surface area contributed by atoms with E-state index in [1.54, 1.807) is 6.92 Å². The molecule has 1 aliphatic heterocycles. The first-order chi connectivity index (χ1) is 11.4. The van der Waals surface area contributed by atoms with Gasteiger partial charge in [0.2, 0.25) is 5.91 Å². The van der Waals surface area contributed by atoms with Gasteiger partial charge in [-0.05, 0) is 64.1 Å². The lowest BCUT2D eigenvalue weighted by molar-refractivity contribution is -0.119. The van der Waals surface area contributed by atoms with Crippen molar-refractivity contribution >= 4 is 13.0 Å². The molecule has 0 spiro atoms. The third-order valence-corrected chi connectivity index (χ3v) is 6.79. The Morgan fingerprint density at radius 3 is 2.32 bits per heavy atom. The summed E-state index contributed by atoms with van der Waals surface area (Å²) in [7, 11) is -0.0715. The van der Waals surface area contributed by atoms with Crippen molar-refractivity contribution < 1.29 is 14.1 Å². The smallest absolute Gasteiger partial charge is 0.403 e. The van der Waals surface area contributed by atoms with E-state index in [1.165, 1.54) is 32.1 Å². The zero-order valence-corrected chi connectivity index (χ0v) is 17.4. The van der Waals surface area contributed by atoms with Gasteiger partial charge in [0.1, 0.15) is 0 Å². The highest BCUT2D eigenvalue weighted by molar-refractivity contribution is 6.45. The predicted octanol–water partition coefficient (Wildman–Crippen LogP) is 4.44. The fraction of sp³-hybridized carbons (Fsp3) is 0.950. The van der Waals surface area contributed by atoms with Crippen molar-refractivity contribution in [3.8, 4) is 0 Å². The van der Waals surface area contributed by atoms with Crippen LogP contribution in [0, 0.1) is 17.3 Å². The van der Waals surface area contributed by atoms with Gasteiger partial charge in [-0.25, -0.2) is 0 Å². The van der Waals surface area contributed by atoms with Crippen LogP contribution in [-0.4, -0.2) is 30.8 Å². The molecule has 0 bridgehead atoms. The van der Waals surface area contributed by atoms with Crippen LogP contribution in [-0.2, 0) is 14.1 Å². The number of amides is 1. The number of rotatable bonds is 6. The molecular formula is C20H38BNO3. The molecule has 1 amide bonds. The highest BCUT2D eigenvalue weighted by atomic mass is 16.7. The van der Waals surface area contributed by atoms with Crippen LogP contribution in [0.25, 0.3) is 0 Å². The van der Waals surface area contributed by atoms with Crippen LogP contribution in [0.15, 0.2) is 0 Å². The molecule has 2 atom stereocenters. The lowest BCUT2D eigenvalue weighted by atomic mass is 9.66. The molecule has 1 N–H and O–H groups in total. The summed E-state index contributed by atoms with van der Waals surface area (Å²) in [4.78, 5) is 11.3. The van der Waals surface area contributed by atoms with E-state index in [-0.39, 0.29) is 29.6 Å². The number of hydrogen-bond donors (Lipinski definition) is 1. The van der Waals surface area contributed by atoms with Crippen LogP contribution in [0.5, 0.6) is 0 Å². The van der Waals surface area contributed by atoms with E-state index in [9.17, 15) is 4.79 Å². The van der Waals surface area contributed by atoms with E-state index in [4.69, 9.17) is 9.31 Å². The summed E-state index contributed by atoms with van der Waals surface area (Å²) in [5.74, 6) is 1.49. The van der Waals surface area contributed by atoms with Gasteiger partial charge in [0, 0.05) is 13.5 Å². The minimum Gasteiger partial charge on any atom is -0.403 e. The Kier molecular flexibility index (Phi) is 6.31. The lowest BCUT2D eigenvalue weighted by Gasteiger charge is -2.40. The average Bonchev–Trinajstić information content (AvgIpc) is 2.71. The summed E-state index contributed by atoms with van der Waals surface area (Å²) in [5, 5.41) is 3.01. The molecule has 0 aromatic carbocycles. The van der Waals surface area contributed by atoms with Crippen molar-refractivity contribution in [2.24, 2.45) is 17.3 Å². The zero-order valence-electron chi connectivity index (χ0n) is 17.4. The van der Waals surface area contributed by atoms with Gasteiger partial charge in [-0.15, -0.1) is 0 Å². The third-order valence-electron chi connectivity index (χ3n) is 6.79. The van der Waals surface area contributed by atoms with Crippen molar-refractivity contribution in [2.45, 2.75) is 98.1 Å². The first-order valence-corrected chi connectivity index (χ1v) is 10.0. The molecule has 5 heteroatoms. The molecule has 2 fully saturated rings. The summed E-state index contributed by atoms with van der Waals surface area (Å²) in [6.45, 7) is 15.4. The van der Waals surface area contributed by atoms with Gasteiger partial charge in [-0.1, -0.05) is 33.1 Å². The van der Waals surface area contributed by atoms with Gasteiger partial charge in [0.25, 0.3) is 0 Å². The Morgan fingerprint density at radius 2 is 1.76 bits per heavy atom. The number of carbonyl (C=O) groups excluding carboxylic acids is 1. The van der Waals surface area contributed by atoms with Crippen molar-refractivity contribution in [1.82, 2.24) is 5.32 Å². The molecule has 144 valence electrons. The summed E-state index contributed by atoms with van der Waals surface area (Å²) >= 11 is 0. The predicted molar refractivity (Wildman–Crippen MR) is 103 cm³/mol. The van der Waals surface area contributed by atoms with Gasteiger partial charge in [0.15, 0.2) is 0 Å². The number of nitrogens with one attached hydrogen (secondary N) is 1.